The molecule has 5 nitrogen and oxygen atoms in total. The van der Waals surface area contributed by atoms with E-state index >= 15 is 0 Å². The molecular formula is C3H6O5S. The van der Waals surface area contributed by atoms with Gasteiger partial charge in [0.15, 0.2) is 6.79 Å². The average molecular weight is 154 g/mol. The minimum absolute atomic E-state index is 0.286. The number of carbonyl (C=O) groups is 1. The Bertz CT molecular complexity index is 169. The third kappa shape index (κ3) is 4.07. The first-order valence-electron chi connectivity index (χ1n) is 1.96. The van der Waals surface area contributed by atoms with E-state index in [0.717, 1.165) is 0 Å². The van der Waals surface area contributed by atoms with Crippen molar-refractivity contribution in [3.63, 3.8) is 0 Å². The van der Waals surface area contributed by atoms with E-state index in [0.29, 0.717) is 0 Å². The zero-order valence-corrected chi connectivity index (χ0v) is 5.55. The highest BCUT2D eigenvalue weighted by atomic mass is 32.2. The molecule has 0 aromatic heterocycles. The van der Waals surface area contributed by atoms with Gasteiger partial charge in [-0.2, -0.15) is 8.42 Å². The molecule has 0 aliphatic carbocycles. The van der Waals surface area contributed by atoms with Gasteiger partial charge in [-0.05, 0) is 0 Å². The minimum Gasteiger partial charge on any atom is -0.357 e. The van der Waals surface area contributed by atoms with Crippen LogP contribution in [0.4, 0.5) is 0 Å². The first kappa shape index (κ1) is 8.54. The van der Waals surface area contributed by atoms with Gasteiger partial charge in [0.05, 0.1) is 0 Å². The van der Waals surface area contributed by atoms with Crippen molar-refractivity contribution in [1.29, 1.82) is 0 Å². The van der Waals surface area contributed by atoms with Crippen LogP contribution >= 0.6 is 0 Å². The zero-order valence-electron chi connectivity index (χ0n) is 4.73. The Balaban J connectivity index is 3.75. The molecule has 0 aromatic rings. The molecule has 6 heteroatoms. The van der Waals surface area contributed by atoms with Crippen LogP contribution in [0.25, 0.3) is 0 Å². The topological polar surface area (TPSA) is 69.7 Å². The summed E-state index contributed by atoms with van der Waals surface area (Å²) >= 11 is 0. The fourth-order valence-electron chi connectivity index (χ4n) is 0.143. The van der Waals surface area contributed by atoms with Gasteiger partial charge in [0.25, 0.3) is 5.62 Å². The van der Waals surface area contributed by atoms with E-state index in [4.69, 9.17) is 0 Å². The van der Waals surface area contributed by atoms with Gasteiger partial charge in [-0.1, -0.05) is 0 Å². The standard InChI is InChI=1S/C3H6O5S/c1-7-3-8-9(5,6)2-4/h2H,3H2,1H3. The molecule has 0 aromatic carbocycles. The number of rotatable bonds is 4. The molecule has 0 heterocycles. The van der Waals surface area contributed by atoms with Crippen molar-refractivity contribution in [3.05, 3.63) is 0 Å². The lowest BCUT2D eigenvalue weighted by atomic mass is 11.4. The molecule has 9 heavy (non-hydrogen) atoms. The Morgan fingerprint density at radius 1 is 1.56 bits per heavy atom. The van der Waals surface area contributed by atoms with Crippen LogP contribution < -0.4 is 0 Å². The van der Waals surface area contributed by atoms with Crippen molar-refractivity contribution in [2.45, 2.75) is 0 Å². The van der Waals surface area contributed by atoms with Gasteiger partial charge in [0.2, 0.25) is 0 Å². The van der Waals surface area contributed by atoms with E-state index in [9.17, 15) is 13.2 Å². The number of hydrogen-bond donors (Lipinski definition) is 0. The van der Waals surface area contributed by atoms with Crippen molar-refractivity contribution in [1.82, 2.24) is 0 Å². The first-order chi connectivity index (χ1) is 4.12. The molecule has 0 saturated heterocycles. The molecular weight excluding hydrogens is 148 g/mol. The molecule has 0 unspecified atom stereocenters. The predicted molar refractivity (Wildman–Crippen MR) is 28.6 cm³/mol. The summed E-state index contributed by atoms with van der Waals surface area (Å²) in [5.74, 6) is 0. The van der Waals surface area contributed by atoms with Crippen LogP contribution in [0.1, 0.15) is 0 Å². The van der Waals surface area contributed by atoms with E-state index in [2.05, 4.69) is 8.92 Å². The Kier molecular flexibility index (Phi) is 3.36. The van der Waals surface area contributed by atoms with E-state index in [1.54, 1.807) is 0 Å². The van der Waals surface area contributed by atoms with Gasteiger partial charge in [-0.15, -0.1) is 0 Å². The lowest BCUT2D eigenvalue weighted by Gasteiger charge is -1.94. The highest BCUT2D eigenvalue weighted by Crippen LogP contribution is 1.85. The molecule has 0 rings (SSSR count). The van der Waals surface area contributed by atoms with Crippen molar-refractivity contribution in [2.75, 3.05) is 13.9 Å². The Morgan fingerprint density at radius 2 is 2.11 bits per heavy atom. The summed E-state index contributed by atoms with van der Waals surface area (Å²) in [6, 6.07) is 0. The number of carbonyl (C=O) groups excluding carboxylic acids is 1. The second-order valence-corrected chi connectivity index (χ2v) is 2.53. The SMILES string of the molecule is COCOS(=O)(=O)C=O. The Labute approximate surface area is 52.7 Å². The molecule has 0 aliphatic rings. The molecule has 0 aliphatic heterocycles. The second kappa shape index (κ2) is 3.54. The molecule has 54 valence electrons. The van der Waals surface area contributed by atoms with Crippen LogP contribution in [0.2, 0.25) is 0 Å². The molecule has 0 radical (unpaired) electrons. The largest absolute Gasteiger partial charge is 0.357 e. The molecule has 0 N–H and O–H groups in total. The first-order valence-corrected chi connectivity index (χ1v) is 3.43. The van der Waals surface area contributed by atoms with Crippen molar-refractivity contribution < 1.29 is 22.1 Å². The lowest BCUT2D eigenvalue weighted by Crippen LogP contribution is -2.08. The van der Waals surface area contributed by atoms with Crippen LogP contribution in [0, 0.1) is 0 Å². The van der Waals surface area contributed by atoms with Gasteiger partial charge in [0, 0.05) is 7.11 Å². The van der Waals surface area contributed by atoms with Gasteiger partial charge in [0.1, 0.15) is 0 Å². The molecule has 0 amide bonds. The summed E-state index contributed by atoms with van der Waals surface area (Å²) in [6.45, 7) is -0.429. The molecule has 0 spiro atoms. The summed E-state index contributed by atoms with van der Waals surface area (Å²) in [5.41, 5.74) is -0.286. The maximum Gasteiger partial charge on any atom is 0.330 e. The summed E-state index contributed by atoms with van der Waals surface area (Å²) < 4.78 is 28.3. The lowest BCUT2D eigenvalue weighted by molar-refractivity contribution is 0.0579. The van der Waals surface area contributed by atoms with Crippen molar-refractivity contribution in [3.8, 4) is 0 Å². The molecule has 0 atom stereocenters. The van der Waals surface area contributed by atoms with Crippen LogP contribution in [-0.2, 0) is 23.8 Å². The predicted octanol–water partition coefficient (Wildman–Crippen LogP) is -0.873. The summed E-state index contributed by atoms with van der Waals surface area (Å²) in [7, 11) is -2.74. The van der Waals surface area contributed by atoms with Gasteiger partial charge < -0.3 is 4.74 Å². The van der Waals surface area contributed by atoms with Crippen molar-refractivity contribution >= 4 is 15.7 Å². The maximum atomic E-state index is 10.1. The minimum atomic E-state index is -3.99. The molecule has 0 saturated carbocycles. The van der Waals surface area contributed by atoms with Gasteiger partial charge in [-0.3, -0.25) is 4.79 Å². The summed E-state index contributed by atoms with van der Waals surface area (Å²) in [4.78, 5) is 9.56. The Hall–Kier alpha value is -0.460. The number of methoxy groups -OCH3 is 1. The number of hydrogen-bond acceptors (Lipinski definition) is 5. The van der Waals surface area contributed by atoms with Gasteiger partial charge in [-0.25, -0.2) is 4.18 Å². The van der Waals surface area contributed by atoms with Crippen LogP contribution in [0.3, 0.4) is 0 Å². The highest BCUT2D eigenvalue weighted by Gasteiger charge is 2.06. The molecule has 0 fully saturated rings. The summed E-state index contributed by atoms with van der Waals surface area (Å²) in [6.07, 6.45) is 0. The van der Waals surface area contributed by atoms with E-state index in [-0.39, 0.29) is 5.62 Å². The number of ether oxygens (including phenoxy) is 1. The summed E-state index contributed by atoms with van der Waals surface area (Å²) in [5, 5.41) is 0. The van der Waals surface area contributed by atoms with Crippen LogP contribution in [0.5, 0.6) is 0 Å². The van der Waals surface area contributed by atoms with Gasteiger partial charge >= 0.3 is 10.1 Å². The zero-order chi connectivity index (χ0) is 7.33. The quantitative estimate of drug-likeness (QED) is 0.299. The normalized spacial score (nSPS) is 11.2. The second-order valence-electron chi connectivity index (χ2n) is 1.11. The molecule has 0 bridgehead atoms. The smallest absolute Gasteiger partial charge is 0.330 e. The van der Waals surface area contributed by atoms with E-state index in [1.165, 1.54) is 7.11 Å². The van der Waals surface area contributed by atoms with Crippen molar-refractivity contribution in [2.24, 2.45) is 0 Å². The fourth-order valence-corrected chi connectivity index (χ4v) is 0.429. The fraction of sp³-hybridized carbons (Fsp3) is 0.667. The third-order valence-electron chi connectivity index (χ3n) is 0.448. The average Bonchev–Trinajstić information content (AvgIpc) is 1.84. The maximum absolute atomic E-state index is 10.1. The third-order valence-corrected chi connectivity index (χ3v) is 1.11. The Morgan fingerprint density at radius 3 is 2.44 bits per heavy atom. The van der Waals surface area contributed by atoms with Crippen LogP contribution in [0.15, 0.2) is 0 Å². The van der Waals surface area contributed by atoms with Crippen LogP contribution in [-0.4, -0.2) is 27.9 Å². The van der Waals surface area contributed by atoms with E-state index < -0.39 is 16.9 Å². The van der Waals surface area contributed by atoms with E-state index in [1.807, 2.05) is 0 Å². The monoisotopic (exact) mass is 154 g/mol. The highest BCUT2D eigenvalue weighted by molar-refractivity contribution is 8.00.